The second kappa shape index (κ2) is 5.48. The van der Waals surface area contributed by atoms with E-state index >= 15 is 0 Å². The number of rotatable bonds is 3. The third-order valence-corrected chi connectivity index (χ3v) is 3.65. The van der Waals surface area contributed by atoms with E-state index in [2.05, 4.69) is 24.8 Å². The van der Waals surface area contributed by atoms with Crippen LogP contribution in [0.5, 0.6) is 0 Å². The SMILES string of the molecule is Cc1nccc(C2CCCN(Cc3ncc[nH]3)C2)n1. The summed E-state index contributed by atoms with van der Waals surface area (Å²) in [7, 11) is 0. The molecule has 1 fully saturated rings. The Morgan fingerprint density at radius 1 is 1.37 bits per heavy atom. The summed E-state index contributed by atoms with van der Waals surface area (Å²) in [5.74, 6) is 2.42. The van der Waals surface area contributed by atoms with Crippen molar-refractivity contribution < 1.29 is 0 Å². The number of aryl methyl sites for hydroxylation is 1. The van der Waals surface area contributed by atoms with Gasteiger partial charge in [-0.05, 0) is 32.4 Å². The minimum absolute atomic E-state index is 0.519. The molecule has 1 atom stereocenters. The van der Waals surface area contributed by atoms with Crippen LogP contribution in [-0.4, -0.2) is 37.9 Å². The lowest BCUT2D eigenvalue weighted by molar-refractivity contribution is 0.194. The van der Waals surface area contributed by atoms with Gasteiger partial charge in [0.1, 0.15) is 11.6 Å². The lowest BCUT2D eigenvalue weighted by Crippen LogP contribution is -2.34. The molecule has 2 aromatic heterocycles. The standard InChI is InChI=1S/C14H19N5/c1-11-15-5-4-13(18-11)12-3-2-8-19(9-12)10-14-16-6-7-17-14/h4-7,12H,2-3,8-10H2,1H3,(H,16,17). The van der Waals surface area contributed by atoms with E-state index in [4.69, 9.17) is 0 Å². The van der Waals surface area contributed by atoms with Crippen molar-refractivity contribution in [3.8, 4) is 0 Å². The summed E-state index contributed by atoms with van der Waals surface area (Å²) in [6, 6.07) is 2.05. The molecule has 1 aliphatic heterocycles. The molecule has 0 amide bonds. The summed E-state index contributed by atoms with van der Waals surface area (Å²) >= 11 is 0. The molecule has 0 saturated carbocycles. The molecule has 0 spiro atoms. The molecule has 0 bridgehead atoms. The van der Waals surface area contributed by atoms with Gasteiger partial charge < -0.3 is 4.98 Å². The number of likely N-dealkylation sites (tertiary alicyclic amines) is 1. The molecular weight excluding hydrogens is 238 g/mol. The Kier molecular flexibility index (Phi) is 3.55. The van der Waals surface area contributed by atoms with Gasteiger partial charge in [0.15, 0.2) is 0 Å². The summed E-state index contributed by atoms with van der Waals surface area (Å²) in [5, 5.41) is 0. The van der Waals surface area contributed by atoms with Gasteiger partial charge in [0, 0.05) is 36.7 Å². The number of aromatic nitrogens is 4. The van der Waals surface area contributed by atoms with E-state index < -0.39 is 0 Å². The Balaban J connectivity index is 1.67. The zero-order valence-electron chi connectivity index (χ0n) is 11.2. The summed E-state index contributed by atoms with van der Waals surface area (Å²) < 4.78 is 0. The first kappa shape index (κ1) is 12.3. The van der Waals surface area contributed by atoms with Gasteiger partial charge in [-0.15, -0.1) is 0 Å². The molecule has 19 heavy (non-hydrogen) atoms. The fourth-order valence-electron chi connectivity index (χ4n) is 2.74. The van der Waals surface area contributed by atoms with Gasteiger partial charge in [-0.1, -0.05) is 0 Å². The van der Waals surface area contributed by atoms with Gasteiger partial charge in [0.25, 0.3) is 0 Å². The highest BCUT2D eigenvalue weighted by molar-refractivity contribution is 5.10. The predicted octanol–water partition coefficient (Wildman–Crippen LogP) is 1.89. The maximum absolute atomic E-state index is 4.57. The predicted molar refractivity (Wildman–Crippen MR) is 72.6 cm³/mol. The van der Waals surface area contributed by atoms with Crippen LogP contribution in [0.1, 0.15) is 36.1 Å². The molecule has 3 heterocycles. The molecule has 5 heteroatoms. The molecule has 0 aliphatic carbocycles. The number of imidazole rings is 1. The van der Waals surface area contributed by atoms with Crippen LogP contribution in [0.25, 0.3) is 0 Å². The number of hydrogen-bond donors (Lipinski definition) is 1. The Morgan fingerprint density at radius 3 is 3.11 bits per heavy atom. The van der Waals surface area contributed by atoms with Gasteiger partial charge in [-0.2, -0.15) is 0 Å². The summed E-state index contributed by atoms with van der Waals surface area (Å²) in [5.41, 5.74) is 1.18. The molecule has 1 aliphatic rings. The fourth-order valence-corrected chi connectivity index (χ4v) is 2.74. The normalized spacial score (nSPS) is 20.6. The molecule has 1 N–H and O–H groups in total. The van der Waals surface area contributed by atoms with E-state index in [1.807, 2.05) is 31.6 Å². The quantitative estimate of drug-likeness (QED) is 0.912. The highest BCUT2D eigenvalue weighted by Gasteiger charge is 2.22. The Labute approximate surface area is 113 Å². The number of piperidine rings is 1. The van der Waals surface area contributed by atoms with Crippen LogP contribution < -0.4 is 0 Å². The molecular formula is C14H19N5. The van der Waals surface area contributed by atoms with Crippen molar-refractivity contribution in [1.29, 1.82) is 0 Å². The van der Waals surface area contributed by atoms with E-state index in [0.29, 0.717) is 5.92 Å². The van der Waals surface area contributed by atoms with Crippen LogP contribution in [0.3, 0.4) is 0 Å². The van der Waals surface area contributed by atoms with Crippen molar-refractivity contribution in [3.63, 3.8) is 0 Å². The van der Waals surface area contributed by atoms with Gasteiger partial charge >= 0.3 is 0 Å². The largest absolute Gasteiger partial charge is 0.348 e. The highest BCUT2D eigenvalue weighted by Crippen LogP contribution is 2.25. The monoisotopic (exact) mass is 257 g/mol. The van der Waals surface area contributed by atoms with Gasteiger partial charge in [0.2, 0.25) is 0 Å². The minimum atomic E-state index is 0.519. The van der Waals surface area contributed by atoms with E-state index in [1.54, 1.807) is 0 Å². The molecule has 1 saturated heterocycles. The first-order chi connectivity index (χ1) is 9.31. The van der Waals surface area contributed by atoms with Crippen LogP contribution in [0.4, 0.5) is 0 Å². The van der Waals surface area contributed by atoms with E-state index in [1.165, 1.54) is 18.5 Å². The average Bonchev–Trinajstić information content (AvgIpc) is 2.92. The van der Waals surface area contributed by atoms with Gasteiger partial charge in [0.05, 0.1) is 6.54 Å². The summed E-state index contributed by atoms with van der Waals surface area (Å²) in [6.07, 6.45) is 7.98. The molecule has 1 unspecified atom stereocenters. The Hall–Kier alpha value is -1.75. The topological polar surface area (TPSA) is 57.7 Å². The Bertz CT molecular complexity index is 522. The molecule has 3 rings (SSSR count). The highest BCUT2D eigenvalue weighted by atomic mass is 15.2. The number of aromatic amines is 1. The second-order valence-corrected chi connectivity index (χ2v) is 5.14. The number of nitrogens with zero attached hydrogens (tertiary/aromatic N) is 4. The molecule has 100 valence electrons. The van der Waals surface area contributed by atoms with Crippen LogP contribution in [-0.2, 0) is 6.54 Å². The van der Waals surface area contributed by atoms with E-state index in [9.17, 15) is 0 Å². The van der Waals surface area contributed by atoms with Gasteiger partial charge in [-0.3, -0.25) is 4.90 Å². The lowest BCUT2D eigenvalue weighted by Gasteiger charge is -2.31. The summed E-state index contributed by atoms with van der Waals surface area (Å²) in [6.45, 7) is 5.04. The zero-order valence-corrected chi connectivity index (χ0v) is 11.2. The molecule has 0 radical (unpaired) electrons. The van der Waals surface area contributed by atoms with Crippen LogP contribution >= 0.6 is 0 Å². The molecule has 2 aromatic rings. The minimum Gasteiger partial charge on any atom is -0.348 e. The summed E-state index contributed by atoms with van der Waals surface area (Å²) in [4.78, 5) is 18.7. The van der Waals surface area contributed by atoms with Crippen LogP contribution in [0.15, 0.2) is 24.7 Å². The maximum Gasteiger partial charge on any atom is 0.125 e. The molecule has 0 aromatic carbocycles. The number of nitrogens with one attached hydrogen (secondary N) is 1. The third-order valence-electron chi connectivity index (χ3n) is 3.65. The zero-order chi connectivity index (χ0) is 13.1. The number of hydrogen-bond acceptors (Lipinski definition) is 4. The maximum atomic E-state index is 4.57. The fraction of sp³-hybridized carbons (Fsp3) is 0.500. The van der Waals surface area contributed by atoms with E-state index in [-0.39, 0.29) is 0 Å². The lowest BCUT2D eigenvalue weighted by atomic mass is 9.94. The van der Waals surface area contributed by atoms with Crippen molar-refractivity contribution in [2.24, 2.45) is 0 Å². The van der Waals surface area contributed by atoms with Crippen molar-refractivity contribution in [2.75, 3.05) is 13.1 Å². The first-order valence-corrected chi connectivity index (χ1v) is 6.81. The van der Waals surface area contributed by atoms with Crippen molar-refractivity contribution >= 4 is 0 Å². The number of H-pyrrole nitrogens is 1. The van der Waals surface area contributed by atoms with E-state index in [0.717, 1.165) is 31.3 Å². The van der Waals surface area contributed by atoms with Crippen molar-refractivity contribution in [2.45, 2.75) is 32.2 Å². The first-order valence-electron chi connectivity index (χ1n) is 6.81. The average molecular weight is 257 g/mol. The molecule has 5 nitrogen and oxygen atoms in total. The van der Waals surface area contributed by atoms with Crippen LogP contribution in [0, 0.1) is 6.92 Å². The van der Waals surface area contributed by atoms with Gasteiger partial charge in [-0.25, -0.2) is 15.0 Å². The van der Waals surface area contributed by atoms with Crippen molar-refractivity contribution in [3.05, 3.63) is 42.0 Å². The third kappa shape index (κ3) is 2.98. The Morgan fingerprint density at radius 2 is 2.32 bits per heavy atom. The smallest absolute Gasteiger partial charge is 0.125 e. The van der Waals surface area contributed by atoms with Crippen molar-refractivity contribution in [1.82, 2.24) is 24.8 Å². The van der Waals surface area contributed by atoms with Crippen LogP contribution in [0.2, 0.25) is 0 Å². The second-order valence-electron chi connectivity index (χ2n) is 5.14.